The smallest absolute Gasteiger partial charge is 0.260 e. The topological polar surface area (TPSA) is 97.5 Å². The van der Waals surface area contributed by atoms with Crippen molar-refractivity contribution in [3.8, 4) is 11.5 Å². The maximum atomic E-state index is 12.1. The van der Waals surface area contributed by atoms with E-state index in [4.69, 9.17) is 10.5 Å². The number of hydrogen-bond donors (Lipinski definition) is 3. The molecule has 0 atom stereocenters. The number of aryl methyl sites for hydroxylation is 1. The van der Waals surface area contributed by atoms with Crippen LogP contribution in [0.2, 0.25) is 0 Å². The van der Waals surface area contributed by atoms with E-state index < -0.39 is 5.91 Å². The summed E-state index contributed by atoms with van der Waals surface area (Å²) in [6.45, 7) is 1.78. The van der Waals surface area contributed by atoms with Crippen LogP contribution >= 0.6 is 0 Å². The number of hydrogen-bond acceptors (Lipinski definition) is 5. The first-order chi connectivity index (χ1) is 9.51. The van der Waals surface area contributed by atoms with E-state index in [1.54, 1.807) is 19.1 Å². The van der Waals surface area contributed by atoms with Crippen molar-refractivity contribution in [3.05, 3.63) is 41.6 Å². The van der Waals surface area contributed by atoms with E-state index in [9.17, 15) is 9.90 Å². The molecule has 1 aromatic carbocycles. The molecule has 0 spiro atoms. The van der Waals surface area contributed by atoms with Gasteiger partial charge in [0.05, 0.1) is 24.6 Å². The van der Waals surface area contributed by atoms with Gasteiger partial charge in [0.2, 0.25) is 0 Å². The van der Waals surface area contributed by atoms with Gasteiger partial charge in [-0.15, -0.1) is 0 Å². The lowest BCUT2D eigenvalue weighted by Gasteiger charge is -2.10. The van der Waals surface area contributed by atoms with Gasteiger partial charge in [0, 0.05) is 0 Å². The fraction of sp³-hybridized carbons (Fsp3) is 0.143. The molecule has 1 heterocycles. The van der Waals surface area contributed by atoms with Crippen LogP contribution in [0.5, 0.6) is 11.5 Å². The SMILES string of the molecule is COc1ccc(O)c(C(=O)Nc2ncc(N)cc2C)c1. The van der Waals surface area contributed by atoms with E-state index in [-0.39, 0.29) is 11.3 Å². The molecule has 1 aromatic heterocycles. The molecular formula is C14H15N3O3. The zero-order valence-corrected chi connectivity index (χ0v) is 11.2. The number of ether oxygens (including phenoxy) is 1. The highest BCUT2D eigenvalue weighted by Gasteiger charge is 2.14. The van der Waals surface area contributed by atoms with Crippen molar-refractivity contribution in [1.29, 1.82) is 0 Å². The molecule has 0 aliphatic heterocycles. The molecule has 0 radical (unpaired) electrons. The van der Waals surface area contributed by atoms with Gasteiger partial charge in [-0.3, -0.25) is 4.79 Å². The molecule has 1 amide bonds. The molecule has 2 aromatic rings. The first-order valence-electron chi connectivity index (χ1n) is 5.91. The maximum absolute atomic E-state index is 12.1. The number of nitrogens with zero attached hydrogens (tertiary/aromatic N) is 1. The minimum absolute atomic E-state index is 0.113. The quantitative estimate of drug-likeness (QED) is 0.794. The number of pyridine rings is 1. The number of methoxy groups -OCH3 is 1. The van der Waals surface area contributed by atoms with E-state index in [1.807, 2.05) is 0 Å². The molecule has 0 fully saturated rings. The van der Waals surface area contributed by atoms with Crippen LogP contribution < -0.4 is 15.8 Å². The third-order valence-electron chi connectivity index (χ3n) is 2.78. The third kappa shape index (κ3) is 2.80. The highest BCUT2D eigenvalue weighted by molar-refractivity contribution is 6.06. The van der Waals surface area contributed by atoms with Crippen molar-refractivity contribution < 1.29 is 14.6 Å². The Morgan fingerprint density at radius 1 is 1.40 bits per heavy atom. The van der Waals surface area contributed by atoms with Gasteiger partial charge in [-0.05, 0) is 36.8 Å². The zero-order valence-electron chi connectivity index (χ0n) is 11.2. The van der Waals surface area contributed by atoms with Crippen molar-refractivity contribution >= 4 is 17.4 Å². The molecule has 0 saturated carbocycles. The Bertz CT molecular complexity index is 656. The second kappa shape index (κ2) is 5.48. The Hall–Kier alpha value is -2.76. The van der Waals surface area contributed by atoms with Crippen molar-refractivity contribution in [2.24, 2.45) is 0 Å². The standard InChI is InChI=1S/C14H15N3O3/c1-8-5-9(15)7-16-13(8)17-14(19)11-6-10(20-2)3-4-12(11)18/h3-7,18H,15H2,1-2H3,(H,16,17,19). The van der Waals surface area contributed by atoms with Gasteiger partial charge in [-0.25, -0.2) is 4.98 Å². The summed E-state index contributed by atoms with van der Waals surface area (Å²) in [6.07, 6.45) is 1.45. The van der Waals surface area contributed by atoms with Crippen LogP contribution in [0, 0.1) is 6.92 Å². The lowest BCUT2D eigenvalue weighted by atomic mass is 10.1. The second-order valence-corrected chi connectivity index (χ2v) is 4.27. The number of amides is 1. The molecule has 6 heteroatoms. The molecule has 104 valence electrons. The Labute approximate surface area is 116 Å². The second-order valence-electron chi connectivity index (χ2n) is 4.27. The largest absolute Gasteiger partial charge is 0.507 e. The number of nitrogens with one attached hydrogen (secondary N) is 1. The van der Waals surface area contributed by atoms with Gasteiger partial charge in [0.25, 0.3) is 5.91 Å². The van der Waals surface area contributed by atoms with Crippen LogP contribution in [0.25, 0.3) is 0 Å². The molecule has 6 nitrogen and oxygen atoms in total. The van der Waals surface area contributed by atoms with Crippen LogP contribution in [0.3, 0.4) is 0 Å². The Morgan fingerprint density at radius 2 is 2.15 bits per heavy atom. The van der Waals surface area contributed by atoms with Crippen LogP contribution in [-0.4, -0.2) is 23.1 Å². The molecule has 0 aliphatic carbocycles. The summed E-state index contributed by atoms with van der Waals surface area (Å²) in [5.41, 5.74) is 6.97. The number of aromatic hydroxyl groups is 1. The fourth-order valence-electron chi connectivity index (χ4n) is 1.73. The third-order valence-corrected chi connectivity index (χ3v) is 2.78. The zero-order chi connectivity index (χ0) is 14.7. The summed E-state index contributed by atoms with van der Waals surface area (Å²) in [7, 11) is 1.49. The van der Waals surface area contributed by atoms with E-state index in [1.165, 1.54) is 25.4 Å². The number of carbonyl (C=O) groups is 1. The van der Waals surface area contributed by atoms with Crippen molar-refractivity contribution in [3.63, 3.8) is 0 Å². The molecule has 0 bridgehead atoms. The average molecular weight is 273 g/mol. The van der Waals surface area contributed by atoms with Crippen molar-refractivity contribution in [2.45, 2.75) is 6.92 Å². The maximum Gasteiger partial charge on any atom is 0.260 e. The van der Waals surface area contributed by atoms with Crippen molar-refractivity contribution in [2.75, 3.05) is 18.2 Å². The van der Waals surface area contributed by atoms with Gasteiger partial charge in [-0.1, -0.05) is 0 Å². The lowest BCUT2D eigenvalue weighted by molar-refractivity contribution is 0.102. The minimum Gasteiger partial charge on any atom is -0.507 e. The Balaban J connectivity index is 2.28. The van der Waals surface area contributed by atoms with Gasteiger partial charge < -0.3 is 20.9 Å². The Morgan fingerprint density at radius 3 is 2.80 bits per heavy atom. The molecule has 0 aliphatic rings. The number of aromatic nitrogens is 1. The molecule has 20 heavy (non-hydrogen) atoms. The minimum atomic E-state index is -0.471. The molecular weight excluding hydrogens is 258 g/mol. The monoisotopic (exact) mass is 273 g/mol. The van der Waals surface area contributed by atoms with Gasteiger partial charge in [0.1, 0.15) is 17.3 Å². The molecule has 4 N–H and O–H groups in total. The first kappa shape index (κ1) is 13.7. The number of rotatable bonds is 3. The van der Waals surface area contributed by atoms with E-state index in [2.05, 4.69) is 10.3 Å². The lowest BCUT2D eigenvalue weighted by Crippen LogP contribution is -2.14. The predicted molar refractivity (Wildman–Crippen MR) is 76.0 cm³/mol. The summed E-state index contributed by atoms with van der Waals surface area (Å²) >= 11 is 0. The first-order valence-corrected chi connectivity index (χ1v) is 5.91. The molecule has 0 saturated heterocycles. The molecule has 2 rings (SSSR count). The fourth-order valence-corrected chi connectivity index (χ4v) is 1.73. The summed E-state index contributed by atoms with van der Waals surface area (Å²) in [5.74, 6) is 0.277. The van der Waals surface area contributed by atoms with Gasteiger partial charge in [-0.2, -0.15) is 0 Å². The Kier molecular flexibility index (Phi) is 3.74. The number of phenols is 1. The summed E-state index contributed by atoms with van der Waals surface area (Å²) < 4.78 is 5.03. The molecule has 0 unspecified atom stereocenters. The van der Waals surface area contributed by atoms with Crippen LogP contribution in [0.4, 0.5) is 11.5 Å². The van der Waals surface area contributed by atoms with Crippen LogP contribution in [0.1, 0.15) is 15.9 Å². The summed E-state index contributed by atoms with van der Waals surface area (Å²) in [4.78, 5) is 16.2. The van der Waals surface area contributed by atoms with E-state index in [0.717, 1.165) is 5.56 Å². The van der Waals surface area contributed by atoms with Crippen LogP contribution in [-0.2, 0) is 0 Å². The highest BCUT2D eigenvalue weighted by atomic mass is 16.5. The van der Waals surface area contributed by atoms with Crippen molar-refractivity contribution in [1.82, 2.24) is 4.98 Å². The number of nitrogens with two attached hydrogens (primary N) is 1. The normalized spacial score (nSPS) is 10.1. The number of anilines is 2. The average Bonchev–Trinajstić information content (AvgIpc) is 2.42. The van der Waals surface area contributed by atoms with Gasteiger partial charge in [0.15, 0.2) is 0 Å². The number of nitrogen functional groups attached to an aromatic ring is 1. The van der Waals surface area contributed by atoms with E-state index in [0.29, 0.717) is 17.3 Å². The number of benzene rings is 1. The highest BCUT2D eigenvalue weighted by Crippen LogP contribution is 2.24. The number of carbonyl (C=O) groups excluding carboxylic acids is 1. The summed E-state index contributed by atoms with van der Waals surface area (Å²) in [5, 5.41) is 12.4. The van der Waals surface area contributed by atoms with E-state index >= 15 is 0 Å². The summed E-state index contributed by atoms with van der Waals surface area (Å²) in [6, 6.07) is 6.13. The van der Waals surface area contributed by atoms with Crippen LogP contribution in [0.15, 0.2) is 30.5 Å². The van der Waals surface area contributed by atoms with Gasteiger partial charge >= 0.3 is 0 Å². The number of phenolic OH excluding ortho intramolecular Hbond substituents is 1. The predicted octanol–water partition coefficient (Wildman–Crippen LogP) is 1.94.